The maximum absolute atomic E-state index is 5.08. The minimum Gasteiger partial charge on any atom is -0.347 e. The van der Waals surface area contributed by atoms with Gasteiger partial charge in [-0.1, -0.05) is 109 Å². The maximum atomic E-state index is 5.08. The lowest BCUT2D eigenvalue weighted by atomic mass is 9.88. The number of fused-ring (bicyclic) bond motifs is 1. The Morgan fingerprint density at radius 2 is 1.31 bits per heavy atom. The number of allylic oxidation sites excluding steroid dienone is 3. The third-order valence-electron chi connectivity index (χ3n) is 7.84. The second-order valence-electron chi connectivity index (χ2n) is 10.8. The van der Waals surface area contributed by atoms with Gasteiger partial charge in [-0.15, -0.1) is 0 Å². The Bertz CT molecular complexity index is 1880. The molecule has 2 heterocycles. The van der Waals surface area contributed by atoms with E-state index < -0.39 is 0 Å². The van der Waals surface area contributed by atoms with Crippen LogP contribution in [0.5, 0.6) is 0 Å². The quantitative estimate of drug-likeness (QED) is 0.246. The van der Waals surface area contributed by atoms with Crippen molar-refractivity contribution in [2.24, 2.45) is 15.9 Å². The summed E-state index contributed by atoms with van der Waals surface area (Å²) < 4.78 is 0. The number of rotatable bonds is 5. The molecule has 0 bridgehead atoms. The molecular weight excluding hydrogens is 514 g/mol. The predicted molar refractivity (Wildman–Crippen MR) is 173 cm³/mol. The fourth-order valence-electron chi connectivity index (χ4n) is 5.81. The molecule has 2 atom stereocenters. The highest BCUT2D eigenvalue weighted by Gasteiger charge is 2.26. The van der Waals surface area contributed by atoms with Gasteiger partial charge >= 0.3 is 0 Å². The van der Waals surface area contributed by atoms with Crippen molar-refractivity contribution >= 4 is 28.0 Å². The van der Waals surface area contributed by atoms with Gasteiger partial charge in [-0.3, -0.25) is 0 Å². The molecule has 1 N–H and O–H groups in total. The van der Waals surface area contributed by atoms with E-state index in [9.17, 15) is 0 Å². The van der Waals surface area contributed by atoms with E-state index in [1.807, 2.05) is 56.3 Å². The Balaban J connectivity index is 1.20. The van der Waals surface area contributed by atoms with Crippen LogP contribution in [0, 0.1) is 19.8 Å². The molecule has 1 aromatic heterocycles. The second kappa shape index (κ2) is 11.0. The van der Waals surface area contributed by atoms with Crippen LogP contribution in [0.15, 0.2) is 131 Å². The molecule has 0 saturated carbocycles. The molecule has 7 rings (SSSR count). The molecule has 5 aromatic rings. The third-order valence-corrected chi connectivity index (χ3v) is 7.84. The standard InChI is InChI=1S/C37H31N5/c1-24-23-25(2)39-37(38-24)33-22-21-30(31-15-9-10-16-32(31)33)26-17-19-29(20-18-26)36-41-34(27-11-5-3-6-12-27)40-35(42-36)28-13-7-4-8-14-28/h3-19,21-23,29,36H,20H2,1-2H3,(H,40,41,42). The average Bonchev–Trinajstić information content (AvgIpc) is 3.04. The van der Waals surface area contributed by atoms with Crippen LogP contribution in [0.25, 0.3) is 27.7 Å². The van der Waals surface area contributed by atoms with Gasteiger partial charge in [0.15, 0.2) is 11.7 Å². The molecule has 5 heteroatoms. The van der Waals surface area contributed by atoms with Gasteiger partial charge in [-0.25, -0.2) is 20.0 Å². The van der Waals surface area contributed by atoms with Crippen molar-refractivity contribution in [2.75, 3.05) is 0 Å². The Hall–Kier alpha value is -5.16. The Morgan fingerprint density at radius 1 is 0.690 bits per heavy atom. The number of nitrogens with zero attached hydrogens (tertiary/aromatic N) is 4. The number of nitrogens with one attached hydrogen (secondary N) is 1. The fourth-order valence-corrected chi connectivity index (χ4v) is 5.81. The molecule has 0 saturated heterocycles. The number of benzene rings is 4. The molecular formula is C37H31N5. The van der Waals surface area contributed by atoms with E-state index in [0.717, 1.165) is 57.4 Å². The van der Waals surface area contributed by atoms with Crippen LogP contribution in [-0.2, 0) is 0 Å². The van der Waals surface area contributed by atoms with E-state index in [2.05, 4.69) is 84.2 Å². The Kier molecular flexibility index (Phi) is 6.76. The summed E-state index contributed by atoms with van der Waals surface area (Å²) in [5.41, 5.74) is 7.52. The van der Waals surface area contributed by atoms with Gasteiger partial charge in [0.05, 0.1) is 0 Å². The van der Waals surface area contributed by atoms with E-state index in [1.165, 1.54) is 16.5 Å². The lowest BCUT2D eigenvalue weighted by Gasteiger charge is -2.29. The summed E-state index contributed by atoms with van der Waals surface area (Å²) in [7, 11) is 0. The van der Waals surface area contributed by atoms with E-state index in [1.54, 1.807) is 0 Å². The average molecular weight is 546 g/mol. The fraction of sp³-hybridized carbons (Fsp3) is 0.135. The topological polar surface area (TPSA) is 62.5 Å². The van der Waals surface area contributed by atoms with Crippen molar-refractivity contribution in [3.8, 4) is 11.4 Å². The number of hydrogen-bond acceptors (Lipinski definition) is 5. The first-order valence-electron chi connectivity index (χ1n) is 14.4. The highest BCUT2D eigenvalue weighted by atomic mass is 15.2. The number of amidine groups is 2. The van der Waals surface area contributed by atoms with Crippen LogP contribution in [0.1, 0.15) is 34.5 Å². The van der Waals surface area contributed by atoms with Gasteiger partial charge < -0.3 is 5.32 Å². The Morgan fingerprint density at radius 3 is 1.98 bits per heavy atom. The molecule has 42 heavy (non-hydrogen) atoms. The summed E-state index contributed by atoms with van der Waals surface area (Å²) in [5.74, 6) is 2.58. The maximum Gasteiger partial charge on any atom is 0.160 e. The van der Waals surface area contributed by atoms with Crippen molar-refractivity contribution in [1.29, 1.82) is 0 Å². The molecule has 0 radical (unpaired) electrons. The molecule has 0 spiro atoms. The van der Waals surface area contributed by atoms with Gasteiger partial charge in [-0.05, 0) is 54.3 Å². The van der Waals surface area contributed by atoms with Crippen molar-refractivity contribution in [3.05, 3.63) is 149 Å². The van der Waals surface area contributed by atoms with Crippen LogP contribution in [0.4, 0.5) is 0 Å². The van der Waals surface area contributed by atoms with Gasteiger partial charge in [0, 0.05) is 34.0 Å². The lowest BCUT2D eigenvalue weighted by Crippen LogP contribution is -2.43. The monoisotopic (exact) mass is 545 g/mol. The normalized spacial score (nSPS) is 18.2. The zero-order valence-corrected chi connectivity index (χ0v) is 23.7. The molecule has 0 fully saturated rings. The Labute approximate surface area is 246 Å². The van der Waals surface area contributed by atoms with Gasteiger partial charge in [-0.2, -0.15) is 0 Å². The number of hydrogen-bond donors (Lipinski definition) is 1. The zero-order chi connectivity index (χ0) is 28.5. The van der Waals surface area contributed by atoms with Crippen LogP contribution < -0.4 is 5.32 Å². The largest absolute Gasteiger partial charge is 0.347 e. The lowest BCUT2D eigenvalue weighted by molar-refractivity contribution is 0.476. The second-order valence-corrected chi connectivity index (χ2v) is 10.8. The van der Waals surface area contributed by atoms with Crippen molar-refractivity contribution in [1.82, 2.24) is 15.3 Å². The minimum atomic E-state index is -0.122. The summed E-state index contributed by atoms with van der Waals surface area (Å²) in [4.78, 5) is 19.5. The van der Waals surface area contributed by atoms with Crippen LogP contribution >= 0.6 is 0 Å². The van der Waals surface area contributed by atoms with Crippen molar-refractivity contribution in [3.63, 3.8) is 0 Å². The molecule has 4 aromatic carbocycles. The molecule has 1 aliphatic carbocycles. The first kappa shape index (κ1) is 25.8. The molecule has 0 amide bonds. The van der Waals surface area contributed by atoms with Crippen LogP contribution in [-0.4, -0.2) is 27.8 Å². The van der Waals surface area contributed by atoms with Gasteiger partial charge in [0.25, 0.3) is 0 Å². The highest BCUT2D eigenvalue weighted by molar-refractivity contribution is 6.13. The first-order valence-corrected chi connectivity index (χ1v) is 14.4. The van der Waals surface area contributed by atoms with E-state index in [-0.39, 0.29) is 12.1 Å². The van der Waals surface area contributed by atoms with Gasteiger partial charge in [0.2, 0.25) is 0 Å². The van der Waals surface area contributed by atoms with E-state index in [4.69, 9.17) is 20.0 Å². The summed E-state index contributed by atoms with van der Waals surface area (Å²) in [6, 6.07) is 35.4. The highest BCUT2D eigenvalue weighted by Crippen LogP contribution is 2.35. The van der Waals surface area contributed by atoms with Gasteiger partial charge in [0.1, 0.15) is 12.0 Å². The van der Waals surface area contributed by atoms with E-state index in [0.29, 0.717) is 0 Å². The number of aliphatic imine (C=N–C) groups is 2. The van der Waals surface area contributed by atoms with Crippen LogP contribution in [0.3, 0.4) is 0 Å². The molecule has 204 valence electrons. The molecule has 2 aliphatic rings. The predicted octanol–water partition coefficient (Wildman–Crippen LogP) is 7.70. The van der Waals surface area contributed by atoms with Crippen molar-refractivity contribution in [2.45, 2.75) is 26.4 Å². The number of aryl methyl sites for hydroxylation is 2. The summed E-state index contributed by atoms with van der Waals surface area (Å²) in [6.07, 6.45) is 7.63. The summed E-state index contributed by atoms with van der Waals surface area (Å²) in [6.45, 7) is 4.04. The smallest absolute Gasteiger partial charge is 0.160 e. The summed E-state index contributed by atoms with van der Waals surface area (Å²) in [5, 5.41) is 5.98. The first-order chi connectivity index (χ1) is 20.6. The zero-order valence-electron chi connectivity index (χ0n) is 23.7. The van der Waals surface area contributed by atoms with Crippen molar-refractivity contribution < 1.29 is 0 Å². The SMILES string of the molecule is Cc1cc(C)nc(-c2ccc(C3=CCC(C4N=C(c5ccccc5)N=C(c5ccccc5)N4)C=C3)c3ccccc23)n1. The molecule has 1 aliphatic heterocycles. The third kappa shape index (κ3) is 5.06. The number of aromatic nitrogens is 2. The summed E-state index contributed by atoms with van der Waals surface area (Å²) >= 11 is 0. The molecule has 2 unspecified atom stereocenters. The molecule has 5 nitrogen and oxygen atoms in total. The van der Waals surface area contributed by atoms with E-state index >= 15 is 0 Å². The van der Waals surface area contributed by atoms with Crippen LogP contribution in [0.2, 0.25) is 0 Å². The minimum absolute atomic E-state index is 0.122.